The predicted octanol–water partition coefficient (Wildman–Crippen LogP) is 0.593. The summed E-state index contributed by atoms with van der Waals surface area (Å²) in [5.74, 6) is 1.10. The molecule has 0 aliphatic heterocycles. The summed E-state index contributed by atoms with van der Waals surface area (Å²) < 4.78 is 13.1. The minimum Gasteiger partial charge on any atom is -0.423 e. The number of nitrogens with zero attached hydrogens (tertiary/aromatic N) is 1. The van der Waals surface area contributed by atoms with Crippen LogP contribution in [0, 0.1) is 17.7 Å². The van der Waals surface area contributed by atoms with E-state index >= 15 is 0 Å². The van der Waals surface area contributed by atoms with E-state index in [0.29, 0.717) is 6.54 Å². The highest BCUT2D eigenvalue weighted by Gasteiger charge is 2.33. The maximum Gasteiger partial charge on any atom is 0.488 e. The highest BCUT2D eigenvalue weighted by Crippen LogP contribution is 2.38. The zero-order valence-electron chi connectivity index (χ0n) is 10.8. The normalized spacial score (nSPS) is 22.3. The summed E-state index contributed by atoms with van der Waals surface area (Å²) >= 11 is 0. The van der Waals surface area contributed by atoms with E-state index < -0.39 is 12.9 Å². The van der Waals surface area contributed by atoms with Crippen molar-refractivity contribution in [3.8, 4) is 0 Å². The fourth-order valence-corrected chi connectivity index (χ4v) is 2.36. The van der Waals surface area contributed by atoms with E-state index in [-0.39, 0.29) is 5.46 Å². The van der Waals surface area contributed by atoms with Gasteiger partial charge in [-0.15, -0.1) is 0 Å². The quantitative estimate of drug-likeness (QED) is 0.753. The standard InChI is InChI=1S/C13H19BFNO2/c1-9-5-11(9)8-16(2)7-10-3-4-12(15)6-13(10)14(17)18/h3-4,6,9,11,17-18H,5,7-8H2,1-2H3. The van der Waals surface area contributed by atoms with Gasteiger partial charge in [0.2, 0.25) is 0 Å². The van der Waals surface area contributed by atoms with Crippen LogP contribution >= 0.6 is 0 Å². The summed E-state index contributed by atoms with van der Waals surface area (Å²) in [6, 6.07) is 4.17. The van der Waals surface area contributed by atoms with Crippen LogP contribution < -0.4 is 5.46 Å². The summed E-state index contributed by atoms with van der Waals surface area (Å²) in [5, 5.41) is 18.5. The summed E-state index contributed by atoms with van der Waals surface area (Å²) in [6.07, 6.45) is 1.27. The second kappa shape index (κ2) is 5.39. The van der Waals surface area contributed by atoms with Crippen LogP contribution in [0.3, 0.4) is 0 Å². The third-order valence-electron chi connectivity index (χ3n) is 3.65. The molecular formula is C13H19BFNO2. The topological polar surface area (TPSA) is 43.7 Å². The number of rotatable bonds is 5. The van der Waals surface area contributed by atoms with Gasteiger partial charge in [-0.25, -0.2) is 4.39 Å². The summed E-state index contributed by atoms with van der Waals surface area (Å²) in [5.41, 5.74) is 1.02. The lowest BCUT2D eigenvalue weighted by Gasteiger charge is -2.18. The van der Waals surface area contributed by atoms with Crippen molar-refractivity contribution in [2.45, 2.75) is 19.9 Å². The van der Waals surface area contributed by atoms with E-state index in [9.17, 15) is 14.4 Å². The molecule has 0 heterocycles. The van der Waals surface area contributed by atoms with E-state index in [1.54, 1.807) is 6.07 Å². The molecule has 0 saturated heterocycles. The Labute approximate surface area is 107 Å². The lowest BCUT2D eigenvalue weighted by molar-refractivity contribution is 0.307. The fraction of sp³-hybridized carbons (Fsp3) is 0.538. The van der Waals surface area contributed by atoms with Gasteiger partial charge in [0, 0.05) is 13.1 Å². The molecular weight excluding hydrogens is 232 g/mol. The van der Waals surface area contributed by atoms with Crippen LogP contribution in [-0.2, 0) is 6.54 Å². The average molecular weight is 251 g/mol. The van der Waals surface area contributed by atoms with Gasteiger partial charge in [0.1, 0.15) is 5.82 Å². The molecule has 1 aromatic carbocycles. The highest BCUT2D eigenvalue weighted by molar-refractivity contribution is 6.59. The molecule has 1 aromatic rings. The van der Waals surface area contributed by atoms with Crippen LogP contribution in [0.2, 0.25) is 0 Å². The van der Waals surface area contributed by atoms with Gasteiger partial charge < -0.3 is 14.9 Å². The minimum atomic E-state index is -1.62. The van der Waals surface area contributed by atoms with Gasteiger partial charge in [-0.2, -0.15) is 0 Å². The fourth-order valence-electron chi connectivity index (χ4n) is 2.36. The van der Waals surface area contributed by atoms with Crippen molar-refractivity contribution in [3.63, 3.8) is 0 Å². The van der Waals surface area contributed by atoms with Crippen molar-refractivity contribution in [1.82, 2.24) is 4.90 Å². The molecule has 3 nitrogen and oxygen atoms in total. The predicted molar refractivity (Wildman–Crippen MR) is 69.8 cm³/mol. The van der Waals surface area contributed by atoms with Crippen molar-refractivity contribution >= 4 is 12.6 Å². The van der Waals surface area contributed by atoms with Crippen molar-refractivity contribution in [1.29, 1.82) is 0 Å². The SMILES string of the molecule is CC1CC1CN(C)Cc1ccc(F)cc1B(O)O. The highest BCUT2D eigenvalue weighted by atomic mass is 19.1. The molecule has 2 rings (SSSR count). The van der Waals surface area contributed by atoms with Crippen LogP contribution in [0.25, 0.3) is 0 Å². The van der Waals surface area contributed by atoms with Gasteiger partial charge in [0.05, 0.1) is 0 Å². The first kappa shape index (κ1) is 13.5. The first-order valence-electron chi connectivity index (χ1n) is 6.30. The monoisotopic (exact) mass is 251 g/mol. The summed E-state index contributed by atoms with van der Waals surface area (Å²) in [4.78, 5) is 2.15. The lowest BCUT2D eigenvalue weighted by atomic mass is 9.77. The molecule has 5 heteroatoms. The number of hydrogen-bond acceptors (Lipinski definition) is 3. The third kappa shape index (κ3) is 3.31. The van der Waals surface area contributed by atoms with Gasteiger partial charge in [-0.05, 0) is 48.5 Å². The number of halogens is 1. The Balaban J connectivity index is 2.03. The Morgan fingerprint density at radius 2 is 2.11 bits per heavy atom. The van der Waals surface area contributed by atoms with Crippen molar-refractivity contribution in [3.05, 3.63) is 29.6 Å². The van der Waals surface area contributed by atoms with Crippen LogP contribution in [0.1, 0.15) is 18.9 Å². The molecule has 2 unspecified atom stereocenters. The second-order valence-electron chi connectivity index (χ2n) is 5.39. The van der Waals surface area contributed by atoms with E-state index in [1.807, 2.05) is 7.05 Å². The van der Waals surface area contributed by atoms with Gasteiger partial charge >= 0.3 is 7.12 Å². The van der Waals surface area contributed by atoms with Crippen molar-refractivity contribution in [2.75, 3.05) is 13.6 Å². The summed E-state index contributed by atoms with van der Waals surface area (Å²) in [7, 11) is 0.381. The van der Waals surface area contributed by atoms with Crippen molar-refractivity contribution < 1.29 is 14.4 Å². The van der Waals surface area contributed by atoms with Crippen LogP contribution in [0.4, 0.5) is 4.39 Å². The second-order valence-corrected chi connectivity index (χ2v) is 5.39. The Bertz CT molecular complexity index is 427. The molecule has 1 aliphatic carbocycles. The molecule has 98 valence electrons. The maximum absolute atomic E-state index is 13.1. The molecule has 1 fully saturated rings. The first-order chi connectivity index (χ1) is 8.47. The van der Waals surface area contributed by atoms with Crippen LogP contribution in [-0.4, -0.2) is 35.7 Å². The molecule has 0 aromatic heterocycles. The van der Waals surface area contributed by atoms with Gasteiger partial charge in [-0.1, -0.05) is 13.0 Å². The Morgan fingerprint density at radius 3 is 2.67 bits per heavy atom. The molecule has 0 bridgehead atoms. The van der Waals surface area contributed by atoms with Crippen LogP contribution in [0.5, 0.6) is 0 Å². The van der Waals surface area contributed by atoms with Gasteiger partial charge in [0.25, 0.3) is 0 Å². The van der Waals surface area contributed by atoms with E-state index in [1.165, 1.54) is 18.6 Å². The zero-order valence-corrected chi connectivity index (χ0v) is 10.8. The van der Waals surface area contributed by atoms with E-state index in [2.05, 4.69) is 11.8 Å². The van der Waals surface area contributed by atoms with Gasteiger partial charge in [0.15, 0.2) is 0 Å². The molecule has 1 saturated carbocycles. The van der Waals surface area contributed by atoms with Crippen molar-refractivity contribution in [2.24, 2.45) is 11.8 Å². The number of benzene rings is 1. The van der Waals surface area contributed by atoms with E-state index in [0.717, 1.165) is 23.9 Å². The number of hydrogen-bond donors (Lipinski definition) is 2. The molecule has 0 radical (unpaired) electrons. The Kier molecular flexibility index (Phi) is 4.05. The molecule has 18 heavy (non-hydrogen) atoms. The summed E-state index contributed by atoms with van der Waals surface area (Å²) in [6.45, 7) is 3.84. The Morgan fingerprint density at radius 1 is 1.44 bits per heavy atom. The largest absolute Gasteiger partial charge is 0.488 e. The smallest absolute Gasteiger partial charge is 0.423 e. The first-order valence-corrected chi connectivity index (χ1v) is 6.30. The zero-order chi connectivity index (χ0) is 13.3. The molecule has 0 amide bonds. The van der Waals surface area contributed by atoms with E-state index in [4.69, 9.17) is 0 Å². The minimum absolute atomic E-state index is 0.255. The Hall–Kier alpha value is -0.905. The third-order valence-corrected chi connectivity index (χ3v) is 3.65. The lowest BCUT2D eigenvalue weighted by Crippen LogP contribution is -2.35. The molecule has 2 atom stereocenters. The van der Waals surface area contributed by atoms with Crippen LogP contribution in [0.15, 0.2) is 18.2 Å². The average Bonchev–Trinajstić information content (AvgIpc) is 2.96. The van der Waals surface area contributed by atoms with Gasteiger partial charge in [-0.3, -0.25) is 0 Å². The molecule has 2 N–H and O–H groups in total. The molecule has 0 spiro atoms. The maximum atomic E-state index is 13.1. The molecule has 1 aliphatic rings.